The lowest BCUT2D eigenvalue weighted by Gasteiger charge is -2.04. The number of aromatic nitrogens is 3. The van der Waals surface area contributed by atoms with E-state index in [9.17, 15) is 4.79 Å². The van der Waals surface area contributed by atoms with Crippen molar-refractivity contribution in [2.24, 2.45) is 5.10 Å². The fourth-order valence-corrected chi connectivity index (χ4v) is 3.13. The van der Waals surface area contributed by atoms with Crippen molar-refractivity contribution in [3.8, 4) is 0 Å². The van der Waals surface area contributed by atoms with E-state index in [0.29, 0.717) is 34.5 Å². The van der Waals surface area contributed by atoms with E-state index in [1.165, 1.54) is 10.9 Å². The number of hydrogen-bond acceptors (Lipinski definition) is 6. The third-order valence-corrected chi connectivity index (χ3v) is 4.61. The Bertz CT molecular complexity index is 1180. The topological polar surface area (TPSA) is 111 Å². The number of nitrogens with one attached hydrogen (secondary N) is 1. The van der Waals surface area contributed by atoms with Gasteiger partial charge in [-0.25, -0.2) is 9.97 Å². The van der Waals surface area contributed by atoms with Crippen molar-refractivity contribution in [1.82, 2.24) is 20.0 Å². The molecule has 148 valence electrons. The van der Waals surface area contributed by atoms with Gasteiger partial charge in [-0.05, 0) is 30.7 Å². The van der Waals surface area contributed by atoms with E-state index in [1.807, 2.05) is 24.3 Å². The zero-order valence-electron chi connectivity index (χ0n) is 16.1. The number of benzene rings is 1. The summed E-state index contributed by atoms with van der Waals surface area (Å²) >= 11 is 0. The Labute approximate surface area is 167 Å². The first-order valence-corrected chi connectivity index (χ1v) is 9.61. The van der Waals surface area contributed by atoms with Crippen molar-refractivity contribution in [3.63, 3.8) is 0 Å². The predicted octanol–water partition coefficient (Wildman–Crippen LogP) is 3.56. The van der Waals surface area contributed by atoms with Gasteiger partial charge in [0.25, 0.3) is 5.91 Å². The molecule has 0 fully saturated rings. The third kappa shape index (κ3) is 3.69. The van der Waals surface area contributed by atoms with Crippen LogP contribution >= 0.6 is 0 Å². The molecule has 0 saturated carbocycles. The Kier molecular flexibility index (Phi) is 5.24. The fourth-order valence-electron chi connectivity index (χ4n) is 3.13. The standard InChI is InChI=1S/C21H22N6O2/c1-2-3-6-11-23-21(28)17-18-20(26-16-10-5-4-9-15(16)25-18)27(19(17)22)24-13-14-8-7-12-29-14/h4-5,7-10,12-13H,2-3,6,11,22H2,1H3,(H,23,28)/b24-13-. The second-order valence-corrected chi connectivity index (χ2v) is 6.68. The molecule has 0 aliphatic rings. The quantitative estimate of drug-likeness (QED) is 0.370. The minimum absolute atomic E-state index is 0.186. The van der Waals surface area contributed by atoms with Crippen LogP contribution in [0.2, 0.25) is 0 Å². The molecule has 3 N–H and O–H groups in total. The van der Waals surface area contributed by atoms with Gasteiger partial charge in [-0.2, -0.15) is 9.78 Å². The molecule has 3 aromatic heterocycles. The lowest BCUT2D eigenvalue weighted by atomic mass is 10.2. The van der Waals surface area contributed by atoms with E-state index in [4.69, 9.17) is 10.2 Å². The second kappa shape index (κ2) is 8.14. The van der Waals surface area contributed by atoms with Crippen LogP contribution in [0, 0.1) is 0 Å². The van der Waals surface area contributed by atoms with E-state index in [0.717, 1.165) is 19.3 Å². The summed E-state index contributed by atoms with van der Waals surface area (Å²) in [6.07, 6.45) is 6.12. The van der Waals surface area contributed by atoms with E-state index in [1.54, 1.807) is 18.4 Å². The monoisotopic (exact) mass is 390 g/mol. The highest BCUT2D eigenvalue weighted by molar-refractivity contribution is 6.10. The van der Waals surface area contributed by atoms with Crippen LogP contribution in [-0.4, -0.2) is 33.3 Å². The van der Waals surface area contributed by atoms with Crippen molar-refractivity contribution in [2.75, 3.05) is 12.3 Å². The van der Waals surface area contributed by atoms with Crippen LogP contribution in [0.25, 0.3) is 22.2 Å². The van der Waals surface area contributed by atoms with Crippen molar-refractivity contribution in [3.05, 3.63) is 54.0 Å². The Morgan fingerprint density at radius 2 is 2.00 bits per heavy atom. The number of para-hydroxylation sites is 2. The molecule has 8 heteroatoms. The van der Waals surface area contributed by atoms with Gasteiger partial charge in [0.2, 0.25) is 0 Å². The lowest BCUT2D eigenvalue weighted by molar-refractivity contribution is 0.0955. The maximum atomic E-state index is 12.9. The first kappa shape index (κ1) is 18.7. The molecule has 0 unspecified atom stereocenters. The predicted molar refractivity (Wildman–Crippen MR) is 113 cm³/mol. The number of rotatable bonds is 7. The third-order valence-electron chi connectivity index (χ3n) is 4.61. The molecular formula is C21H22N6O2. The average Bonchev–Trinajstić information content (AvgIpc) is 3.33. The maximum Gasteiger partial charge on any atom is 0.257 e. The number of carbonyl (C=O) groups excluding carboxylic acids is 1. The number of hydrogen-bond donors (Lipinski definition) is 2. The van der Waals surface area contributed by atoms with Gasteiger partial charge in [0, 0.05) is 6.54 Å². The molecule has 0 aliphatic heterocycles. The molecule has 3 heterocycles. The Morgan fingerprint density at radius 1 is 1.21 bits per heavy atom. The SMILES string of the molecule is CCCCCNC(=O)c1c(N)n(/N=C\c2ccco2)c2nc3ccccc3nc12. The smallest absolute Gasteiger partial charge is 0.257 e. The van der Waals surface area contributed by atoms with Crippen molar-refractivity contribution in [1.29, 1.82) is 0 Å². The molecule has 1 aromatic carbocycles. The molecule has 0 aliphatic carbocycles. The van der Waals surface area contributed by atoms with Gasteiger partial charge in [-0.15, -0.1) is 0 Å². The van der Waals surface area contributed by atoms with Crippen LogP contribution < -0.4 is 11.1 Å². The summed E-state index contributed by atoms with van der Waals surface area (Å²) in [5.74, 6) is 0.469. The number of nitrogens with two attached hydrogens (primary N) is 1. The zero-order valence-corrected chi connectivity index (χ0v) is 16.1. The Morgan fingerprint density at radius 3 is 2.72 bits per heavy atom. The fraction of sp³-hybridized carbons (Fsp3) is 0.238. The molecule has 1 amide bonds. The molecule has 29 heavy (non-hydrogen) atoms. The van der Waals surface area contributed by atoms with Crippen LogP contribution in [-0.2, 0) is 0 Å². The van der Waals surface area contributed by atoms with E-state index < -0.39 is 0 Å². The molecule has 4 rings (SSSR count). The van der Waals surface area contributed by atoms with Gasteiger partial charge in [0.05, 0.1) is 23.5 Å². The molecule has 8 nitrogen and oxygen atoms in total. The summed E-state index contributed by atoms with van der Waals surface area (Å²) in [5.41, 5.74) is 8.84. The molecule has 0 spiro atoms. The number of anilines is 1. The van der Waals surface area contributed by atoms with Crippen molar-refractivity contribution < 1.29 is 9.21 Å². The zero-order chi connectivity index (χ0) is 20.2. The highest BCUT2D eigenvalue weighted by Gasteiger charge is 2.23. The van der Waals surface area contributed by atoms with Gasteiger partial charge >= 0.3 is 0 Å². The van der Waals surface area contributed by atoms with E-state index in [2.05, 4.69) is 27.3 Å². The first-order chi connectivity index (χ1) is 14.2. The molecular weight excluding hydrogens is 368 g/mol. The number of amides is 1. The van der Waals surface area contributed by atoms with E-state index >= 15 is 0 Å². The van der Waals surface area contributed by atoms with E-state index in [-0.39, 0.29) is 17.3 Å². The molecule has 0 saturated heterocycles. The van der Waals surface area contributed by atoms with Crippen molar-refractivity contribution in [2.45, 2.75) is 26.2 Å². The Hall–Kier alpha value is -3.68. The van der Waals surface area contributed by atoms with Crippen LogP contribution in [0.5, 0.6) is 0 Å². The maximum absolute atomic E-state index is 12.9. The lowest BCUT2D eigenvalue weighted by Crippen LogP contribution is -2.25. The van der Waals surface area contributed by atoms with Gasteiger partial charge < -0.3 is 15.5 Å². The normalized spacial score (nSPS) is 11.6. The number of fused-ring (bicyclic) bond motifs is 2. The number of furan rings is 1. The molecule has 4 aromatic rings. The minimum atomic E-state index is -0.278. The van der Waals surface area contributed by atoms with Crippen LogP contribution in [0.3, 0.4) is 0 Å². The number of nitrogen functional groups attached to an aromatic ring is 1. The summed E-state index contributed by atoms with van der Waals surface area (Å²) in [7, 11) is 0. The largest absolute Gasteiger partial charge is 0.463 e. The number of unbranched alkanes of at least 4 members (excludes halogenated alkanes) is 2. The first-order valence-electron chi connectivity index (χ1n) is 9.61. The number of carbonyl (C=O) groups is 1. The number of nitrogens with zero attached hydrogens (tertiary/aromatic N) is 4. The Balaban J connectivity index is 1.81. The van der Waals surface area contributed by atoms with Crippen LogP contribution in [0.4, 0.5) is 5.82 Å². The summed E-state index contributed by atoms with van der Waals surface area (Å²) in [6, 6.07) is 11.0. The summed E-state index contributed by atoms with van der Waals surface area (Å²) in [5, 5.41) is 7.31. The highest BCUT2D eigenvalue weighted by atomic mass is 16.3. The molecule has 0 bridgehead atoms. The summed E-state index contributed by atoms with van der Waals surface area (Å²) in [4.78, 5) is 22.2. The molecule has 0 atom stereocenters. The van der Waals surface area contributed by atoms with Crippen LogP contribution in [0.15, 0.2) is 52.2 Å². The van der Waals surface area contributed by atoms with Crippen LogP contribution in [0.1, 0.15) is 42.3 Å². The van der Waals surface area contributed by atoms with Gasteiger partial charge in [0.15, 0.2) is 5.65 Å². The summed E-state index contributed by atoms with van der Waals surface area (Å²) < 4.78 is 6.72. The average molecular weight is 390 g/mol. The van der Waals surface area contributed by atoms with Gasteiger partial charge in [-0.1, -0.05) is 31.9 Å². The van der Waals surface area contributed by atoms with Crippen molar-refractivity contribution >= 4 is 40.1 Å². The second-order valence-electron chi connectivity index (χ2n) is 6.68. The summed E-state index contributed by atoms with van der Waals surface area (Å²) in [6.45, 7) is 2.70. The minimum Gasteiger partial charge on any atom is -0.463 e. The van der Waals surface area contributed by atoms with Gasteiger partial charge in [-0.3, -0.25) is 4.79 Å². The highest BCUT2D eigenvalue weighted by Crippen LogP contribution is 2.27. The van der Waals surface area contributed by atoms with Gasteiger partial charge in [0.1, 0.15) is 22.7 Å². The molecule has 0 radical (unpaired) electrons.